The molecule has 5 nitrogen and oxygen atoms in total. The Morgan fingerprint density at radius 3 is 2.92 bits per heavy atom. The first-order valence-electron chi connectivity index (χ1n) is 8.90. The van der Waals surface area contributed by atoms with Crippen molar-refractivity contribution in [3.05, 3.63) is 24.2 Å². The molecule has 1 aromatic heterocycles. The Kier molecular flexibility index (Phi) is 7.99. The molecule has 0 radical (unpaired) electrons. The number of aliphatic imine (C=N–C) groups is 1. The maximum atomic E-state index is 5.39. The van der Waals surface area contributed by atoms with E-state index in [1.54, 1.807) is 6.26 Å². The van der Waals surface area contributed by atoms with E-state index in [1.165, 1.54) is 0 Å². The fraction of sp³-hybridized carbons (Fsp3) is 0.722. The van der Waals surface area contributed by atoms with Gasteiger partial charge in [-0.2, -0.15) is 11.8 Å². The molecule has 136 valence electrons. The van der Waals surface area contributed by atoms with Crippen LogP contribution >= 0.6 is 11.8 Å². The minimum Gasteiger partial charge on any atom is -0.469 e. The topological polar surface area (TPSA) is 52.8 Å². The lowest BCUT2D eigenvalue weighted by atomic mass is 10.1. The van der Waals surface area contributed by atoms with Crippen molar-refractivity contribution in [2.24, 2.45) is 10.9 Å². The predicted octanol–water partition coefficient (Wildman–Crippen LogP) is 2.45. The van der Waals surface area contributed by atoms with Gasteiger partial charge in [0.05, 0.1) is 12.8 Å². The highest BCUT2D eigenvalue weighted by atomic mass is 32.2. The molecule has 2 atom stereocenters. The van der Waals surface area contributed by atoms with Crippen LogP contribution in [-0.4, -0.2) is 61.1 Å². The van der Waals surface area contributed by atoms with Gasteiger partial charge in [-0.3, -0.25) is 9.89 Å². The van der Waals surface area contributed by atoms with Gasteiger partial charge in [0.15, 0.2) is 5.96 Å². The van der Waals surface area contributed by atoms with Crippen LogP contribution in [0, 0.1) is 5.92 Å². The summed E-state index contributed by atoms with van der Waals surface area (Å²) >= 11 is 1.83. The van der Waals surface area contributed by atoms with E-state index in [1.807, 2.05) is 23.9 Å². The van der Waals surface area contributed by atoms with Crippen molar-refractivity contribution in [1.29, 1.82) is 0 Å². The van der Waals surface area contributed by atoms with Gasteiger partial charge in [-0.25, -0.2) is 0 Å². The van der Waals surface area contributed by atoms with Crippen LogP contribution in [0.1, 0.15) is 26.5 Å². The standard InChI is InChI=1S/C18H32N4OS/c1-14(2)22-12-15(3)17(13-22)21-18(20-9-11-24-4)19-8-7-16-6-5-10-23-16/h5-6,10,14-15,17H,7-9,11-13H2,1-4H3,(H2,19,20,21). The van der Waals surface area contributed by atoms with Crippen LogP contribution in [-0.2, 0) is 6.42 Å². The number of nitrogens with one attached hydrogen (secondary N) is 2. The summed E-state index contributed by atoms with van der Waals surface area (Å²) < 4.78 is 5.39. The monoisotopic (exact) mass is 352 g/mol. The summed E-state index contributed by atoms with van der Waals surface area (Å²) in [5.74, 6) is 3.61. The predicted molar refractivity (Wildman–Crippen MR) is 104 cm³/mol. The lowest BCUT2D eigenvalue weighted by molar-refractivity contribution is 0.265. The molecule has 1 aliphatic rings. The van der Waals surface area contributed by atoms with Gasteiger partial charge in [0.2, 0.25) is 0 Å². The molecule has 2 rings (SSSR count). The third kappa shape index (κ3) is 6.06. The Morgan fingerprint density at radius 2 is 2.29 bits per heavy atom. The van der Waals surface area contributed by atoms with Crippen LogP contribution in [0.5, 0.6) is 0 Å². The maximum Gasteiger partial charge on any atom is 0.191 e. The molecule has 1 saturated heterocycles. The number of guanidine groups is 1. The van der Waals surface area contributed by atoms with Gasteiger partial charge in [0, 0.05) is 43.9 Å². The van der Waals surface area contributed by atoms with Crippen molar-refractivity contribution < 1.29 is 4.42 Å². The Balaban J connectivity index is 1.86. The highest BCUT2D eigenvalue weighted by Crippen LogP contribution is 2.18. The minimum absolute atomic E-state index is 0.455. The fourth-order valence-electron chi connectivity index (χ4n) is 2.95. The summed E-state index contributed by atoms with van der Waals surface area (Å²) in [6, 6.07) is 5.00. The number of rotatable bonds is 8. The number of furan rings is 1. The van der Waals surface area contributed by atoms with Crippen molar-refractivity contribution in [3.63, 3.8) is 0 Å². The van der Waals surface area contributed by atoms with Crippen LogP contribution in [0.3, 0.4) is 0 Å². The summed E-state index contributed by atoms with van der Waals surface area (Å²) in [6.07, 6.45) is 4.71. The van der Waals surface area contributed by atoms with Crippen molar-refractivity contribution in [3.8, 4) is 0 Å². The highest BCUT2D eigenvalue weighted by Gasteiger charge is 2.31. The second-order valence-electron chi connectivity index (χ2n) is 6.76. The van der Waals surface area contributed by atoms with E-state index in [9.17, 15) is 0 Å². The van der Waals surface area contributed by atoms with E-state index < -0.39 is 0 Å². The molecular weight excluding hydrogens is 320 g/mol. The summed E-state index contributed by atoms with van der Waals surface area (Å²) in [5.41, 5.74) is 0. The summed E-state index contributed by atoms with van der Waals surface area (Å²) in [6.45, 7) is 10.8. The van der Waals surface area contributed by atoms with Crippen LogP contribution in [0.25, 0.3) is 0 Å². The number of likely N-dealkylation sites (tertiary alicyclic amines) is 1. The molecule has 6 heteroatoms. The van der Waals surface area contributed by atoms with E-state index in [0.29, 0.717) is 18.0 Å². The molecule has 2 heterocycles. The van der Waals surface area contributed by atoms with Crippen LogP contribution in [0.4, 0.5) is 0 Å². The lowest BCUT2D eigenvalue weighted by Gasteiger charge is -2.22. The molecule has 1 aliphatic heterocycles. The average Bonchev–Trinajstić information content (AvgIpc) is 3.18. The van der Waals surface area contributed by atoms with Crippen molar-refractivity contribution in [1.82, 2.24) is 15.5 Å². The molecule has 0 aliphatic carbocycles. The fourth-order valence-corrected chi connectivity index (χ4v) is 3.22. The van der Waals surface area contributed by atoms with Gasteiger partial charge in [-0.15, -0.1) is 0 Å². The van der Waals surface area contributed by atoms with Gasteiger partial charge >= 0.3 is 0 Å². The molecule has 0 spiro atoms. The van der Waals surface area contributed by atoms with Crippen molar-refractivity contribution in [2.45, 2.75) is 39.3 Å². The Morgan fingerprint density at radius 1 is 1.46 bits per heavy atom. The van der Waals surface area contributed by atoms with Crippen LogP contribution in [0.2, 0.25) is 0 Å². The SMILES string of the molecule is CSCCN=C(NCCc1ccco1)NC1CN(C(C)C)CC1C. The van der Waals surface area contributed by atoms with E-state index in [4.69, 9.17) is 9.41 Å². The normalized spacial score (nSPS) is 22.3. The summed E-state index contributed by atoms with van der Waals surface area (Å²) in [7, 11) is 0. The molecule has 1 fully saturated rings. The molecule has 2 N–H and O–H groups in total. The van der Waals surface area contributed by atoms with E-state index in [0.717, 1.165) is 50.1 Å². The van der Waals surface area contributed by atoms with E-state index in [2.05, 4.69) is 42.6 Å². The first kappa shape index (κ1) is 19.2. The second kappa shape index (κ2) is 9.99. The maximum absolute atomic E-state index is 5.39. The third-order valence-electron chi connectivity index (χ3n) is 4.50. The molecule has 0 saturated carbocycles. The zero-order valence-electron chi connectivity index (χ0n) is 15.4. The van der Waals surface area contributed by atoms with E-state index in [-0.39, 0.29) is 0 Å². The quantitative estimate of drug-likeness (QED) is 0.428. The zero-order valence-corrected chi connectivity index (χ0v) is 16.2. The van der Waals surface area contributed by atoms with Gasteiger partial charge < -0.3 is 15.1 Å². The molecule has 0 aromatic carbocycles. The molecular formula is C18H32N4OS. The van der Waals surface area contributed by atoms with Crippen molar-refractivity contribution in [2.75, 3.05) is 38.2 Å². The Labute approximate surface area is 150 Å². The van der Waals surface area contributed by atoms with Gasteiger partial charge in [0.1, 0.15) is 5.76 Å². The van der Waals surface area contributed by atoms with Crippen molar-refractivity contribution >= 4 is 17.7 Å². The minimum atomic E-state index is 0.455. The lowest BCUT2D eigenvalue weighted by Crippen LogP contribution is -2.47. The van der Waals surface area contributed by atoms with Crippen LogP contribution in [0.15, 0.2) is 27.8 Å². The first-order chi connectivity index (χ1) is 11.6. The number of hydrogen-bond donors (Lipinski definition) is 2. The summed E-state index contributed by atoms with van der Waals surface area (Å²) in [4.78, 5) is 7.26. The number of hydrogen-bond acceptors (Lipinski definition) is 4. The first-order valence-corrected chi connectivity index (χ1v) is 10.3. The third-order valence-corrected chi connectivity index (χ3v) is 5.09. The largest absolute Gasteiger partial charge is 0.469 e. The van der Waals surface area contributed by atoms with Gasteiger partial charge in [-0.05, 0) is 38.2 Å². The van der Waals surface area contributed by atoms with Gasteiger partial charge in [-0.1, -0.05) is 6.92 Å². The van der Waals surface area contributed by atoms with E-state index >= 15 is 0 Å². The molecule has 1 aromatic rings. The number of thioether (sulfide) groups is 1. The zero-order chi connectivity index (χ0) is 17.4. The molecule has 2 unspecified atom stereocenters. The number of nitrogens with zero attached hydrogens (tertiary/aromatic N) is 2. The molecule has 0 bridgehead atoms. The van der Waals surface area contributed by atoms with Crippen LogP contribution < -0.4 is 10.6 Å². The van der Waals surface area contributed by atoms with Gasteiger partial charge in [0.25, 0.3) is 0 Å². The Hall–Kier alpha value is -1.14. The Bertz CT molecular complexity index is 489. The summed E-state index contributed by atoms with van der Waals surface area (Å²) in [5, 5.41) is 7.11. The smallest absolute Gasteiger partial charge is 0.191 e. The average molecular weight is 353 g/mol. The second-order valence-corrected chi connectivity index (χ2v) is 7.74. The molecule has 24 heavy (non-hydrogen) atoms. The molecule has 0 amide bonds. The highest BCUT2D eigenvalue weighted by molar-refractivity contribution is 7.98.